The molecule has 0 amide bonds. The van der Waals surface area contributed by atoms with Crippen LogP contribution in [0.4, 0.5) is 8.78 Å². The molecule has 1 rings (SSSR count). The third kappa shape index (κ3) is 0.988. The third-order valence-corrected chi connectivity index (χ3v) is 0.916. The van der Waals surface area contributed by atoms with Gasteiger partial charge in [-0.05, 0) is 6.07 Å². The topological polar surface area (TPSA) is 23.1 Å². The molecule has 0 unspecified atom stereocenters. The molecule has 0 N–H and O–H groups in total. The quantitative estimate of drug-likeness (QED) is 0.513. The normalized spacial score (nSPS) is 9.56. The summed E-state index contributed by atoms with van der Waals surface area (Å²) in [6, 6.07) is 3.04. The van der Waals surface area contributed by atoms with Crippen molar-refractivity contribution in [2.45, 2.75) is 0 Å². The molecule has 0 fully saturated rings. The van der Waals surface area contributed by atoms with Crippen molar-refractivity contribution in [1.82, 2.24) is 0 Å². The molecule has 1 aromatic carbocycles. The van der Waals surface area contributed by atoms with Crippen LogP contribution in [0.15, 0.2) is 18.2 Å². The molecule has 1 aromatic rings. The number of hydrogen-bond acceptors (Lipinski definition) is 1. The lowest BCUT2D eigenvalue weighted by atomic mass is 10.3. The van der Waals surface area contributed by atoms with E-state index in [9.17, 15) is 13.9 Å². The van der Waals surface area contributed by atoms with Gasteiger partial charge in [0.15, 0.2) is 11.6 Å². The number of benzene rings is 1. The Bertz CT molecular complexity index is 202. The molecule has 0 saturated carbocycles. The zero-order valence-corrected chi connectivity index (χ0v) is 4.40. The maximum atomic E-state index is 12.0. The number of halogens is 2. The molecule has 0 bridgehead atoms. The van der Waals surface area contributed by atoms with Crippen LogP contribution in [0, 0.1) is 11.6 Å². The van der Waals surface area contributed by atoms with Crippen LogP contribution in [0.1, 0.15) is 0 Å². The van der Waals surface area contributed by atoms with Gasteiger partial charge in [-0.15, -0.1) is 0 Å². The van der Waals surface area contributed by atoms with Crippen molar-refractivity contribution in [3.63, 3.8) is 0 Å². The fourth-order valence-electron chi connectivity index (χ4n) is 0.484. The van der Waals surface area contributed by atoms with Gasteiger partial charge < -0.3 is 5.11 Å². The molecule has 0 radical (unpaired) electrons. The van der Waals surface area contributed by atoms with E-state index in [-0.39, 0.29) is 0 Å². The largest absolute Gasteiger partial charge is 0.870 e. The summed E-state index contributed by atoms with van der Waals surface area (Å²) < 4.78 is 24.0. The summed E-state index contributed by atoms with van der Waals surface area (Å²) in [5.41, 5.74) is 0. The third-order valence-electron chi connectivity index (χ3n) is 0.916. The molecule has 0 aromatic heterocycles. The first-order valence-corrected chi connectivity index (χ1v) is 2.33. The SMILES string of the molecule is [O-]c1cccc(F)c1F. The Morgan fingerprint density at radius 1 is 1.22 bits per heavy atom. The summed E-state index contributed by atoms with van der Waals surface area (Å²) in [5.74, 6) is -3.31. The predicted molar refractivity (Wildman–Crippen MR) is 25.8 cm³/mol. The highest BCUT2D eigenvalue weighted by atomic mass is 19.2. The Balaban J connectivity index is 3.25. The molecule has 0 heterocycles. The Labute approximate surface area is 50.6 Å². The fourth-order valence-corrected chi connectivity index (χ4v) is 0.484. The van der Waals surface area contributed by atoms with Crippen LogP contribution in [0.25, 0.3) is 0 Å². The van der Waals surface area contributed by atoms with Crippen molar-refractivity contribution in [3.8, 4) is 5.75 Å². The standard InChI is InChI=1S/C6H4F2O/c7-4-2-1-3-5(9)6(4)8/h1-3,9H/p-1. The van der Waals surface area contributed by atoms with E-state index >= 15 is 0 Å². The van der Waals surface area contributed by atoms with Gasteiger partial charge in [0.2, 0.25) is 0 Å². The number of hydrogen-bond donors (Lipinski definition) is 0. The highest BCUT2D eigenvalue weighted by molar-refractivity contribution is 5.21. The summed E-state index contributed by atoms with van der Waals surface area (Å²) >= 11 is 0. The predicted octanol–water partition coefficient (Wildman–Crippen LogP) is 1.04. The first kappa shape index (κ1) is 6.01. The maximum Gasteiger partial charge on any atom is 0.158 e. The smallest absolute Gasteiger partial charge is 0.158 e. The Morgan fingerprint density at radius 2 is 1.89 bits per heavy atom. The van der Waals surface area contributed by atoms with Gasteiger partial charge in [-0.3, -0.25) is 0 Å². The first-order chi connectivity index (χ1) is 4.22. The van der Waals surface area contributed by atoms with E-state index < -0.39 is 17.4 Å². The minimum atomic E-state index is -1.31. The van der Waals surface area contributed by atoms with Crippen LogP contribution in [-0.2, 0) is 0 Å². The Morgan fingerprint density at radius 3 is 2.33 bits per heavy atom. The molecule has 0 aliphatic carbocycles. The van der Waals surface area contributed by atoms with Crippen LogP contribution in [0.5, 0.6) is 5.75 Å². The minimum absolute atomic E-state index is 0.900. The van der Waals surface area contributed by atoms with E-state index in [1.165, 1.54) is 6.07 Å². The van der Waals surface area contributed by atoms with Crippen molar-refractivity contribution in [1.29, 1.82) is 0 Å². The lowest BCUT2D eigenvalue weighted by molar-refractivity contribution is -0.272. The highest BCUT2D eigenvalue weighted by Crippen LogP contribution is 2.13. The Hall–Kier alpha value is -1.12. The van der Waals surface area contributed by atoms with Gasteiger partial charge in [0.05, 0.1) is 0 Å². The van der Waals surface area contributed by atoms with Gasteiger partial charge in [0.25, 0.3) is 0 Å². The Kier molecular flexibility index (Phi) is 1.34. The summed E-state index contributed by atoms with van der Waals surface area (Å²) in [5, 5.41) is 10.2. The van der Waals surface area contributed by atoms with Gasteiger partial charge in [0, 0.05) is 0 Å². The zero-order chi connectivity index (χ0) is 6.85. The van der Waals surface area contributed by atoms with Crippen LogP contribution < -0.4 is 5.11 Å². The van der Waals surface area contributed by atoms with Crippen LogP contribution in [0.3, 0.4) is 0 Å². The second-order valence-electron chi connectivity index (χ2n) is 1.55. The van der Waals surface area contributed by atoms with E-state index in [0.717, 1.165) is 12.1 Å². The second kappa shape index (κ2) is 2.01. The fraction of sp³-hybridized carbons (Fsp3) is 0. The maximum absolute atomic E-state index is 12.0. The average molecular weight is 129 g/mol. The van der Waals surface area contributed by atoms with Gasteiger partial charge in [-0.2, -0.15) is 0 Å². The van der Waals surface area contributed by atoms with Gasteiger partial charge in [0.1, 0.15) is 0 Å². The second-order valence-corrected chi connectivity index (χ2v) is 1.55. The zero-order valence-electron chi connectivity index (χ0n) is 4.40. The molecule has 1 nitrogen and oxygen atoms in total. The van der Waals surface area contributed by atoms with E-state index in [1.807, 2.05) is 0 Å². The molecule has 9 heavy (non-hydrogen) atoms. The average Bonchev–Trinajstić information content (AvgIpc) is 1.83. The van der Waals surface area contributed by atoms with Crippen LogP contribution in [-0.4, -0.2) is 0 Å². The van der Waals surface area contributed by atoms with Gasteiger partial charge in [-0.25, -0.2) is 8.78 Å². The van der Waals surface area contributed by atoms with E-state index in [1.54, 1.807) is 0 Å². The molecule has 0 spiro atoms. The summed E-state index contributed by atoms with van der Waals surface area (Å²) in [4.78, 5) is 0. The van der Waals surface area contributed by atoms with E-state index in [4.69, 9.17) is 0 Å². The van der Waals surface area contributed by atoms with Crippen molar-refractivity contribution in [2.24, 2.45) is 0 Å². The van der Waals surface area contributed by atoms with Crippen molar-refractivity contribution >= 4 is 0 Å². The number of rotatable bonds is 0. The summed E-state index contributed by atoms with van der Waals surface area (Å²) in [6.45, 7) is 0. The monoisotopic (exact) mass is 129 g/mol. The minimum Gasteiger partial charge on any atom is -0.870 e. The molecule has 48 valence electrons. The molecule has 3 heteroatoms. The molecule has 0 aliphatic rings. The summed E-state index contributed by atoms with van der Waals surface area (Å²) in [7, 11) is 0. The van der Waals surface area contributed by atoms with Gasteiger partial charge in [-0.1, -0.05) is 17.9 Å². The molecular formula is C6H3F2O-. The lowest BCUT2D eigenvalue weighted by Gasteiger charge is -2.04. The molecular weight excluding hydrogens is 126 g/mol. The molecule has 0 atom stereocenters. The highest BCUT2D eigenvalue weighted by Gasteiger charge is 1.97. The summed E-state index contributed by atoms with van der Waals surface area (Å²) in [6.07, 6.45) is 0. The van der Waals surface area contributed by atoms with E-state index in [0.29, 0.717) is 0 Å². The lowest BCUT2D eigenvalue weighted by Crippen LogP contribution is -1.95. The molecule has 0 aliphatic heterocycles. The van der Waals surface area contributed by atoms with Crippen molar-refractivity contribution < 1.29 is 13.9 Å². The van der Waals surface area contributed by atoms with Gasteiger partial charge >= 0.3 is 0 Å². The van der Waals surface area contributed by atoms with Crippen molar-refractivity contribution in [2.75, 3.05) is 0 Å². The van der Waals surface area contributed by atoms with Crippen LogP contribution in [0.2, 0.25) is 0 Å². The van der Waals surface area contributed by atoms with E-state index in [2.05, 4.69) is 0 Å². The van der Waals surface area contributed by atoms with Crippen LogP contribution >= 0.6 is 0 Å². The van der Waals surface area contributed by atoms with Crippen molar-refractivity contribution in [3.05, 3.63) is 29.8 Å². The first-order valence-electron chi connectivity index (χ1n) is 2.33. The molecule has 0 saturated heterocycles.